The van der Waals surface area contributed by atoms with Crippen LogP contribution >= 0.6 is 12.6 Å². The van der Waals surface area contributed by atoms with Crippen LogP contribution in [0.4, 0.5) is 0 Å². The highest BCUT2D eigenvalue weighted by atomic mass is 32.1. The Kier molecular flexibility index (Phi) is 9.70. The first-order chi connectivity index (χ1) is 17.7. The third-order valence-corrected chi connectivity index (χ3v) is 6.28. The van der Waals surface area contributed by atoms with Gasteiger partial charge in [0.05, 0.1) is 6.04 Å². The normalized spacial score (nSPS) is 14.2. The summed E-state index contributed by atoms with van der Waals surface area (Å²) in [6.45, 7) is 1.43. The predicted molar refractivity (Wildman–Crippen MR) is 143 cm³/mol. The molecule has 10 nitrogen and oxygen atoms in total. The van der Waals surface area contributed by atoms with Crippen LogP contribution in [0.25, 0.3) is 10.9 Å². The van der Waals surface area contributed by atoms with E-state index in [1.807, 2.05) is 54.6 Å². The second kappa shape index (κ2) is 12.9. The summed E-state index contributed by atoms with van der Waals surface area (Å²) in [4.78, 5) is 53.0. The number of carbonyl (C=O) groups is 4. The maximum Gasteiger partial charge on any atom is 0.327 e. The Labute approximate surface area is 219 Å². The molecule has 0 saturated carbocycles. The number of hydrogen-bond donors (Lipinski definition) is 7. The van der Waals surface area contributed by atoms with Crippen LogP contribution in [0, 0.1) is 0 Å². The van der Waals surface area contributed by atoms with E-state index in [0.717, 1.165) is 22.0 Å². The SMILES string of the molecule is CC(NC(=O)C(Cc1c[nH]c2ccccc12)NC(=O)C(N)Cc1ccccc1)C(=O)NC(CS)C(=O)O. The van der Waals surface area contributed by atoms with Gasteiger partial charge in [0.25, 0.3) is 0 Å². The van der Waals surface area contributed by atoms with Gasteiger partial charge in [0, 0.05) is 29.3 Å². The minimum absolute atomic E-state index is 0.111. The lowest BCUT2D eigenvalue weighted by molar-refractivity contribution is -0.141. The Balaban J connectivity index is 1.75. The molecule has 3 amide bonds. The summed E-state index contributed by atoms with van der Waals surface area (Å²) in [7, 11) is 0. The fourth-order valence-electron chi connectivity index (χ4n) is 3.83. The number of nitrogens with one attached hydrogen (secondary N) is 4. The number of fused-ring (bicyclic) bond motifs is 1. The van der Waals surface area contributed by atoms with Crippen LogP contribution in [0.3, 0.4) is 0 Å². The minimum atomic E-state index is -1.24. The van der Waals surface area contributed by atoms with Crippen LogP contribution in [-0.2, 0) is 32.0 Å². The molecule has 4 atom stereocenters. The number of rotatable bonds is 12. The zero-order valence-corrected chi connectivity index (χ0v) is 21.2. The zero-order valence-electron chi connectivity index (χ0n) is 20.3. The lowest BCUT2D eigenvalue weighted by Crippen LogP contribution is -2.57. The first-order valence-corrected chi connectivity index (χ1v) is 12.4. The molecule has 3 aromatic rings. The van der Waals surface area contributed by atoms with Gasteiger partial charge in [-0.25, -0.2) is 4.79 Å². The van der Waals surface area contributed by atoms with E-state index in [2.05, 4.69) is 33.6 Å². The maximum atomic E-state index is 13.2. The molecule has 37 heavy (non-hydrogen) atoms. The zero-order chi connectivity index (χ0) is 26.9. The fourth-order valence-corrected chi connectivity index (χ4v) is 4.08. The maximum absolute atomic E-state index is 13.2. The lowest BCUT2D eigenvalue weighted by Gasteiger charge is -2.23. The summed E-state index contributed by atoms with van der Waals surface area (Å²) >= 11 is 3.93. The average Bonchev–Trinajstić information content (AvgIpc) is 3.29. The summed E-state index contributed by atoms with van der Waals surface area (Å²) < 4.78 is 0. The Morgan fingerprint density at radius 3 is 2.22 bits per heavy atom. The number of aromatic nitrogens is 1. The van der Waals surface area contributed by atoms with E-state index < -0.39 is 47.9 Å². The molecule has 0 bridgehead atoms. The van der Waals surface area contributed by atoms with Crippen LogP contribution in [0.5, 0.6) is 0 Å². The van der Waals surface area contributed by atoms with E-state index in [4.69, 9.17) is 10.8 Å². The van der Waals surface area contributed by atoms with Crippen molar-refractivity contribution in [2.75, 3.05) is 5.75 Å². The topological polar surface area (TPSA) is 166 Å². The van der Waals surface area contributed by atoms with Gasteiger partial charge in [-0.1, -0.05) is 48.5 Å². The van der Waals surface area contributed by atoms with Crippen molar-refractivity contribution < 1.29 is 24.3 Å². The highest BCUT2D eigenvalue weighted by Crippen LogP contribution is 2.19. The summed E-state index contributed by atoms with van der Waals surface area (Å²) in [6.07, 6.45) is 2.19. The molecule has 0 radical (unpaired) electrons. The molecular weight excluding hydrogens is 494 g/mol. The van der Waals surface area contributed by atoms with Crippen LogP contribution in [0.15, 0.2) is 60.8 Å². The third kappa shape index (κ3) is 7.58. The Hall–Kier alpha value is -3.83. The summed E-state index contributed by atoms with van der Waals surface area (Å²) in [6, 6.07) is 12.6. The molecule has 2 aromatic carbocycles. The first kappa shape index (κ1) is 27.8. The summed E-state index contributed by atoms with van der Waals surface area (Å²) in [5.41, 5.74) is 8.69. The van der Waals surface area contributed by atoms with Crippen molar-refractivity contribution in [2.24, 2.45) is 5.73 Å². The number of nitrogens with two attached hydrogens (primary N) is 1. The molecule has 4 unspecified atom stereocenters. The molecule has 0 aliphatic carbocycles. The first-order valence-electron chi connectivity index (χ1n) is 11.8. The van der Waals surface area contributed by atoms with Crippen molar-refractivity contribution >= 4 is 47.2 Å². The van der Waals surface area contributed by atoms with Gasteiger partial charge in [-0.15, -0.1) is 0 Å². The summed E-state index contributed by atoms with van der Waals surface area (Å²) in [5.74, 6) is -3.15. The van der Waals surface area contributed by atoms with Crippen molar-refractivity contribution in [3.8, 4) is 0 Å². The smallest absolute Gasteiger partial charge is 0.327 e. The summed E-state index contributed by atoms with van der Waals surface area (Å²) in [5, 5.41) is 17.7. The number of aromatic amines is 1. The van der Waals surface area contributed by atoms with Gasteiger partial charge in [0.15, 0.2) is 0 Å². The van der Waals surface area contributed by atoms with E-state index in [1.165, 1.54) is 6.92 Å². The number of hydrogen-bond acceptors (Lipinski definition) is 6. The number of thiol groups is 1. The van der Waals surface area contributed by atoms with Crippen LogP contribution < -0.4 is 21.7 Å². The average molecular weight is 526 g/mol. The molecule has 0 aliphatic rings. The number of aliphatic carboxylic acids is 1. The quantitative estimate of drug-likeness (QED) is 0.173. The van der Waals surface area contributed by atoms with Crippen molar-refractivity contribution in [1.29, 1.82) is 0 Å². The molecule has 0 aliphatic heterocycles. The molecule has 1 aromatic heterocycles. The molecule has 0 saturated heterocycles. The van der Waals surface area contributed by atoms with Gasteiger partial charge < -0.3 is 31.8 Å². The third-order valence-electron chi connectivity index (χ3n) is 5.92. The Morgan fingerprint density at radius 2 is 1.54 bits per heavy atom. The number of carboxylic acid groups (broad SMARTS) is 1. The van der Waals surface area contributed by atoms with Crippen molar-refractivity contribution in [3.05, 3.63) is 71.9 Å². The predicted octanol–water partition coefficient (Wildman–Crippen LogP) is 0.769. The van der Waals surface area contributed by atoms with E-state index in [1.54, 1.807) is 6.20 Å². The number of para-hydroxylation sites is 1. The van der Waals surface area contributed by atoms with Crippen LogP contribution in [0.2, 0.25) is 0 Å². The Morgan fingerprint density at radius 1 is 0.892 bits per heavy atom. The van der Waals surface area contributed by atoms with Crippen LogP contribution in [0.1, 0.15) is 18.1 Å². The highest BCUT2D eigenvalue weighted by Gasteiger charge is 2.29. The molecule has 11 heteroatoms. The minimum Gasteiger partial charge on any atom is -0.480 e. The second-order valence-corrected chi connectivity index (χ2v) is 9.10. The van der Waals surface area contributed by atoms with Crippen LogP contribution in [-0.4, -0.2) is 63.7 Å². The van der Waals surface area contributed by atoms with E-state index >= 15 is 0 Å². The molecule has 7 N–H and O–H groups in total. The van der Waals surface area contributed by atoms with Gasteiger partial charge in [-0.2, -0.15) is 12.6 Å². The van der Waals surface area contributed by atoms with Gasteiger partial charge in [0.2, 0.25) is 17.7 Å². The number of amides is 3. The van der Waals surface area contributed by atoms with Gasteiger partial charge in [-0.05, 0) is 30.5 Å². The molecule has 0 fully saturated rings. The van der Waals surface area contributed by atoms with E-state index in [0.29, 0.717) is 0 Å². The fraction of sp³-hybridized carbons (Fsp3) is 0.308. The van der Waals surface area contributed by atoms with E-state index in [9.17, 15) is 19.2 Å². The molecule has 3 rings (SSSR count). The number of H-pyrrole nitrogens is 1. The lowest BCUT2D eigenvalue weighted by atomic mass is 10.0. The van der Waals surface area contributed by atoms with Gasteiger partial charge in [0.1, 0.15) is 18.1 Å². The van der Waals surface area contributed by atoms with E-state index in [-0.39, 0.29) is 18.6 Å². The highest BCUT2D eigenvalue weighted by molar-refractivity contribution is 7.80. The molecule has 1 heterocycles. The number of benzene rings is 2. The number of carbonyl (C=O) groups excluding carboxylic acids is 3. The Bertz CT molecular complexity index is 1250. The number of carboxylic acids is 1. The molecule has 0 spiro atoms. The van der Waals surface area contributed by atoms with Gasteiger partial charge >= 0.3 is 5.97 Å². The second-order valence-electron chi connectivity index (χ2n) is 8.73. The monoisotopic (exact) mass is 525 g/mol. The van der Waals surface area contributed by atoms with Crippen molar-refractivity contribution in [1.82, 2.24) is 20.9 Å². The van der Waals surface area contributed by atoms with Crippen molar-refractivity contribution in [2.45, 2.75) is 43.9 Å². The molecular formula is C26H31N5O5S. The van der Waals surface area contributed by atoms with Crippen molar-refractivity contribution in [3.63, 3.8) is 0 Å². The standard InChI is InChI=1S/C26H31N5O5S/c1-15(23(32)31-22(14-37)26(35)36)29-25(34)21(12-17-13-28-20-10-6-5-9-18(17)20)30-24(33)19(27)11-16-7-3-2-4-8-16/h2-10,13,15,19,21-22,28,37H,11-12,14,27H2,1H3,(H,29,34)(H,30,33)(H,31,32)(H,35,36). The van der Waals surface area contributed by atoms with Gasteiger partial charge in [-0.3, -0.25) is 14.4 Å². The molecule has 196 valence electrons. The largest absolute Gasteiger partial charge is 0.480 e.